The lowest BCUT2D eigenvalue weighted by Gasteiger charge is -2.25. The third kappa shape index (κ3) is 8.95. The van der Waals surface area contributed by atoms with Crippen molar-refractivity contribution < 1.29 is 19.8 Å². The van der Waals surface area contributed by atoms with Crippen LogP contribution in [0.2, 0.25) is 0 Å². The Kier molecular flexibility index (Phi) is 9.22. The lowest BCUT2D eigenvalue weighted by Crippen LogP contribution is -2.37. The number of carbonyl (C=O) groups is 2. The fraction of sp³-hybridized carbons (Fsp3) is 0.667. The molecule has 0 bridgehead atoms. The summed E-state index contributed by atoms with van der Waals surface area (Å²) in [5.74, 6) is -1.73. The Balaban J connectivity index is 3.91. The van der Waals surface area contributed by atoms with Gasteiger partial charge in [0.05, 0.1) is 12.8 Å². The minimum Gasteiger partial charge on any atom is -0.481 e. The first kappa shape index (κ1) is 16.9. The van der Waals surface area contributed by atoms with Gasteiger partial charge in [0, 0.05) is 39.3 Å². The van der Waals surface area contributed by atoms with E-state index in [0.29, 0.717) is 26.2 Å². The molecule has 0 aromatic heterocycles. The number of aliphatic carboxylic acids is 2. The van der Waals surface area contributed by atoms with E-state index in [1.807, 2.05) is 0 Å². The lowest BCUT2D eigenvalue weighted by atomic mass is 10.3. The number of hydrogen-bond acceptors (Lipinski definition) is 4. The molecule has 6 nitrogen and oxygen atoms in total. The van der Waals surface area contributed by atoms with Crippen molar-refractivity contribution in [3.63, 3.8) is 0 Å². The molecule has 2 N–H and O–H groups in total. The summed E-state index contributed by atoms with van der Waals surface area (Å²) in [5.41, 5.74) is 0. The van der Waals surface area contributed by atoms with Crippen LogP contribution in [-0.4, -0.2) is 71.2 Å². The molecule has 0 rings (SSSR count). The molecule has 0 aromatic rings. The zero-order valence-corrected chi connectivity index (χ0v) is 10.4. The predicted molar refractivity (Wildman–Crippen MR) is 66.0 cm³/mol. The molecule has 0 fully saturated rings. The van der Waals surface area contributed by atoms with Crippen LogP contribution in [0.5, 0.6) is 0 Å². The number of rotatable bonds is 11. The Labute approximate surface area is 108 Å². The van der Waals surface area contributed by atoms with Crippen molar-refractivity contribution in [3.8, 4) is 0 Å². The van der Waals surface area contributed by atoms with Gasteiger partial charge in [-0.3, -0.25) is 9.59 Å². The molecule has 0 saturated carbocycles. The third-order valence-electron chi connectivity index (χ3n) is 2.53. The van der Waals surface area contributed by atoms with Gasteiger partial charge in [-0.1, -0.05) is 0 Å². The van der Waals surface area contributed by atoms with Crippen LogP contribution in [-0.2, 0) is 9.59 Å². The zero-order chi connectivity index (χ0) is 14.0. The van der Waals surface area contributed by atoms with Crippen LogP contribution >= 0.6 is 0 Å². The maximum absolute atomic E-state index is 10.4. The van der Waals surface area contributed by atoms with E-state index < -0.39 is 11.9 Å². The van der Waals surface area contributed by atoms with Gasteiger partial charge in [-0.15, -0.1) is 0 Å². The molecule has 0 spiro atoms. The molecule has 0 unspecified atom stereocenters. The Morgan fingerprint density at radius 1 is 0.778 bits per heavy atom. The van der Waals surface area contributed by atoms with Crippen molar-refractivity contribution in [3.05, 3.63) is 13.8 Å². The Morgan fingerprint density at radius 2 is 1.11 bits per heavy atom. The highest BCUT2D eigenvalue weighted by atomic mass is 16.4. The van der Waals surface area contributed by atoms with Crippen LogP contribution in [0, 0.1) is 13.8 Å². The molecule has 0 heterocycles. The summed E-state index contributed by atoms with van der Waals surface area (Å²) >= 11 is 0. The van der Waals surface area contributed by atoms with E-state index in [2.05, 4.69) is 0 Å². The maximum Gasteiger partial charge on any atom is 0.304 e. The van der Waals surface area contributed by atoms with E-state index in [0.717, 1.165) is 0 Å². The summed E-state index contributed by atoms with van der Waals surface area (Å²) in [7, 11) is 0. The summed E-state index contributed by atoms with van der Waals surface area (Å²) in [6.45, 7) is 13.4. The maximum atomic E-state index is 10.4. The Bertz CT molecular complexity index is 232. The quantitative estimate of drug-likeness (QED) is 0.540. The fourth-order valence-corrected chi connectivity index (χ4v) is 1.38. The second-order valence-electron chi connectivity index (χ2n) is 3.89. The SMILES string of the molecule is [CH]CN(CCC(=O)O)CCN(C[CH])CCC(=O)O. The first-order valence-corrected chi connectivity index (χ1v) is 5.78. The molecule has 18 heavy (non-hydrogen) atoms. The summed E-state index contributed by atoms with van der Waals surface area (Å²) < 4.78 is 0. The fourth-order valence-electron chi connectivity index (χ4n) is 1.38. The molecule has 6 heteroatoms. The molecule has 0 aliphatic heterocycles. The van der Waals surface area contributed by atoms with Crippen molar-refractivity contribution in [1.29, 1.82) is 0 Å². The molecule has 0 amide bonds. The highest BCUT2D eigenvalue weighted by molar-refractivity contribution is 5.67. The molecule has 0 aromatic carbocycles. The van der Waals surface area contributed by atoms with E-state index in [9.17, 15) is 9.59 Å². The van der Waals surface area contributed by atoms with Crippen LogP contribution in [0.4, 0.5) is 0 Å². The van der Waals surface area contributed by atoms with Gasteiger partial charge >= 0.3 is 11.9 Å². The summed E-state index contributed by atoms with van der Waals surface area (Å²) in [5, 5.41) is 17.1. The molecule has 0 atom stereocenters. The van der Waals surface area contributed by atoms with E-state index >= 15 is 0 Å². The van der Waals surface area contributed by atoms with Crippen LogP contribution in [0.3, 0.4) is 0 Å². The topological polar surface area (TPSA) is 81.1 Å². The smallest absolute Gasteiger partial charge is 0.304 e. The lowest BCUT2D eigenvalue weighted by molar-refractivity contribution is -0.138. The second-order valence-corrected chi connectivity index (χ2v) is 3.89. The summed E-state index contributed by atoms with van der Waals surface area (Å²) in [6.07, 6.45) is 0.0733. The van der Waals surface area contributed by atoms with Crippen molar-refractivity contribution in [2.45, 2.75) is 12.8 Å². The van der Waals surface area contributed by atoms with Crippen molar-refractivity contribution in [1.82, 2.24) is 9.80 Å². The molecule has 4 radical (unpaired) electrons. The van der Waals surface area contributed by atoms with Gasteiger partial charge in [0.15, 0.2) is 0 Å². The average molecular weight is 256 g/mol. The van der Waals surface area contributed by atoms with Crippen molar-refractivity contribution in [2.75, 3.05) is 39.3 Å². The van der Waals surface area contributed by atoms with Gasteiger partial charge in [-0.05, 0) is 13.8 Å². The van der Waals surface area contributed by atoms with Gasteiger partial charge < -0.3 is 20.0 Å². The second kappa shape index (κ2) is 9.85. The first-order chi connectivity index (χ1) is 8.49. The highest BCUT2D eigenvalue weighted by Gasteiger charge is 2.09. The molecule has 0 aliphatic carbocycles. The Morgan fingerprint density at radius 3 is 1.33 bits per heavy atom. The first-order valence-electron chi connectivity index (χ1n) is 5.78. The van der Waals surface area contributed by atoms with Gasteiger partial charge in [0.25, 0.3) is 0 Å². The van der Waals surface area contributed by atoms with Crippen molar-refractivity contribution in [2.24, 2.45) is 0 Å². The normalized spacial score (nSPS) is 11.1. The number of hydrogen-bond donors (Lipinski definition) is 2. The third-order valence-corrected chi connectivity index (χ3v) is 2.53. The number of nitrogens with zero attached hydrogens (tertiary/aromatic N) is 2. The van der Waals surface area contributed by atoms with Gasteiger partial charge in [-0.25, -0.2) is 0 Å². The van der Waals surface area contributed by atoms with Gasteiger partial charge in [-0.2, -0.15) is 0 Å². The predicted octanol–water partition coefficient (Wildman–Crippen LogP) is -0.0380. The van der Waals surface area contributed by atoms with Crippen LogP contribution < -0.4 is 0 Å². The number of carboxylic acids is 2. The van der Waals surface area contributed by atoms with E-state index in [-0.39, 0.29) is 25.9 Å². The highest BCUT2D eigenvalue weighted by Crippen LogP contribution is 1.96. The summed E-state index contributed by atoms with van der Waals surface area (Å²) in [4.78, 5) is 24.4. The number of carboxylic acid groups (broad SMARTS) is 2. The average Bonchev–Trinajstić information content (AvgIpc) is 2.32. The van der Waals surface area contributed by atoms with E-state index in [1.54, 1.807) is 9.80 Å². The van der Waals surface area contributed by atoms with Gasteiger partial charge in [0.2, 0.25) is 0 Å². The van der Waals surface area contributed by atoms with E-state index in [4.69, 9.17) is 24.1 Å². The minimum absolute atomic E-state index is 0.0367. The molecule has 0 aliphatic rings. The zero-order valence-electron chi connectivity index (χ0n) is 10.4. The monoisotopic (exact) mass is 256 g/mol. The largest absolute Gasteiger partial charge is 0.481 e. The van der Waals surface area contributed by atoms with Crippen LogP contribution in [0.25, 0.3) is 0 Å². The molecule has 102 valence electrons. The standard InChI is InChI=1S/C12H20N2O4/c1-3-13(7-5-11(15)16)9-10-14(4-2)8-6-12(17)18/h1-2H,3-10H2,(H,15,16)(H,17,18). The van der Waals surface area contributed by atoms with E-state index in [1.165, 1.54) is 0 Å². The van der Waals surface area contributed by atoms with Crippen molar-refractivity contribution >= 4 is 11.9 Å². The molecule has 0 saturated heterocycles. The molecular weight excluding hydrogens is 236 g/mol. The molecular formula is C12H20N2O4. The van der Waals surface area contributed by atoms with Crippen LogP contribution in [0.1, 0.15) is 12.8 Å². The summed E-state index contributed by atoms with van der Waals surface area (Å²) in [6, 6.07) is 0. The minimum atomic E-state index is -0.866. The van der Waals surface area contributed by atoms with Gasteiger partial charge in [0.1, 0.15) is 0 Å². The Hall–Kier alpha value is -1.14. The van der Waals surface area contributed by atoms with Crippen LogP contribution in [0.15, 0.2) is 0 Å².